The smallest absolute Gasteiger partial charge is 0.307 e. The predicted octanol–water partition coefficient (Wildman–Crippen LogP) is 1.25. The molecule has 5 N–H and O–H groups in total. The van der Waals surface area contributed by atoms with E-state index in [1.54, 1.807) is 19.9 Å². The van der Waals surface area contributed by atoms with Gasteiger partial charge in [0, 0.05) is 35.6 Å². The number of fused-ring (bicyclic) bond motifs is 5. The molecule has 4 aliphatic carbocycles. The van der Waals surface area contributed by atoms with Crippen molar-refractivity contribution in [2.45, 2.75) is 76.7 Å². The molecule has 172 valence electrons. The van der Waals surface area contributed by atoms with E-state index in [0.717, 1.165) is 0 Å². The third-order valence-electron chi connectivity index (χ3n) is 8.66. The number of aliphatic hydroxyl groups is 3. The van der Waals surface area contributed by atoms with Crippen molar-refractivity contribution in [3.05, 3.63) is 23.3 Å². The van der Waals surface area contributed by atoms with Crippen molar-refractivity contribution in [2.24, 2.45) is 34.8 Å². The molecule has 7 heteroatoms. The molecule has 4 aliphatic rings. The number of nitrogens with two attached hydrogens (primary N) is 1. The van der Waals surface area contributed by atoms with E-state index in [1.165, 1.54) is 0 Å². The van der Waals surface area contributed by atoms with Gasteiger partial charge in [-0.1, -0.05) is 32.9 Å². The first-order valence-corrected chi connectivity index (χ1v) is 11.2. The standard InChI is InChI=1S/C24H35NO6/c1-12-6-17-22(29,20(12)28)10-15(11-26)8-16-19-21(4,5)23(19,9-13(2)24(16,17)30)31-18(27)7-14(3)25/h6,8,13-14,16-17,19,26,29-30H,7,9-11,25H2,1-5H3/t13-,14-,16+,17-,19+,22-,23+,24-/m1/s1. The molecule has 7 nitrogen and oxygen atoms in total. The molecule has 0 spiro atoms. The van der Waals surface area contributed by atoms with Crippen LogP contribution in [0.3, 0.4) is 0 Å². The Balaban J connectivity index is 1.81. The Morgan fingerprint density at radius 2 is 1.97 bits per heavy atom. The second-order valence-electron chi connectivity index (χ2n) is 11.0. The SMILES string of the molecule is CC1=C[C@H]2[C@@]3(O)[C@H](C)C[C@]4(OC(=O)C[C@@H](C)N)[C@@H]([C@@H]3C=C(CO)C[C@]2(O)C1=O)C4(C)C. The van der Waals surface area contributed by atoms with Crippen LogP contribution in [0.25, 0.3) is 0 Å². The summed E-state index contributed by atoms with van der Waals surface area (Å²) in [5.41, 5.74) is 2.40. The molecule has 0 aromatic carbocycles. The highest BCUT2D eigenvalue weighted by atomic mass is 16.6. The van der Waals surface area contributed by atoms with Crippen LogP contribution in [0.5, 0.6) is 0 Å². The van der Waals surface area contributed by atoms with Crippen LogP contribution in [0, 0.1) is 29.1 Å². The number of rotatable bonds is 4. The van der Waals surface area contributed by atoms with Gasteiger partial charge in [0.05, 0.1) is 18.6 Å². The van der Waals surface area contributed by atoms with Crippen molar-refractivity contribution in [3.63, 3.8) is 0 Å². The summed E-state index contributed by atoms with van der Waals surface area (Å²) >= 11 is 0. The lowest BCUT2D eigenvalue weighted by Crippen LogP contribution is -2.61. The Morgan fingerprint density at radius 3 is 2.55 bits per heavy atom. The van der Waals surface area contributed by atoms with Crippen LogP contribution in [-0.4, -0.2) is 56.5 Å². The summed E-state index contributed by atoms with van der Waals surface area (Å²) in [6.07, 6.45) is 4.06. The summed E-state index contributed by atoms with van der Waals surface area (Å²) in [7, 11) is 0. The van der Waals surface area contributed by atoms with Gasteiger partial charge in [-0.15, -0.1) is 0 Å². The van der Waals surface area contributed by atoms with Crippen LogP contribution in [0.4, 0.5) is 0 Å². The van der Waals surface area contributed by atoms with Crippen LogP contribution in [0.1, 0.15) is 53.9 Å². The van der Waals surface area contributed by atoms with Gasteiger partial charge in [0.1, 0.15) is 11.2 Å². The van der Waals surface area contributed by atoms with Gasteiger partial charge in [-0.05, 0) is 37.3 Å². The third-order valence-corrected chi connectivity index (χ3v) is 8.66. The van der Waals surface area contributed by atoms with Crippen molar-refractivity contribution in [2.75, 3.05) is 6.61 Å². The van der Waals surface area contributed by atoms with Gasteiger partial charge in [-0.3, -0.25) is 9.59 Å². The normalized spacial score (nSPS) is 46.0. The Kier molecular flexibility index (Phi) is 4.92. The Labute approximate surface area is 183 Å². The van der Waals surface area contributed by atoms with E-state index in [-0.39, 0.29) is 43.3 Å². The topological polar surface area (TPSA) is 130 Å². The van der Waals surface area contributed by atoms with E-state index < -0.39 is 39.8 Å². The summed E-state index contributed by atoms with van der Waals surface area (Å²) < 4.78 is 6.07. The summed E-state index contributed by atoms with van der Waals surface area (Å²) in [5.74, 6) is -2.58. The molecule has 0 aliphatic heterocycles. The maximum atomic E-state index is 12.9. The molecule has 31 heavy (non-hydrogen) atoms. The molecule has 0 aromatic heterocycles. The van der Waals surface area contributed by atoms with Crippen molar-refractivity contribution in [1.29, 1.82) is 0 Å². The van der Waals surface area contributed by atoms with Crippen LogP contribution in [0.2, 0.25) is 0 Å². The average Bonchev–Trinajstić information content (AvgIpc) is 3.05. The molecule has 0 unspecified atom stereocenters. The molecule has 0 saturated heterocycles. The minimum absolute atomic E-state index is 0.0169. The molecule has 0 aromatic rings. The number of ether oxygens (including phenoxy) is 1. The highest BCUT2D eigenvalue weighted by Gasteiger charge is 2.83. The molecular formula is C24H35NO6. The summed E-state index contributed by atoms with van der Waals surface area (Å²) in [6, 6.07) is -0.312. The van der Waals surface area contributed by atoms with Crippen LogP contribution < -0.4 is 5.73 Å². The monoisotopic (exact) mass is 433 g/mol. The molecular weight excluding hydrogens is 398 g/mol. The fraction of sp³-hybridized carbons (Fsp3) is 0.750. The number of carbonyl (C=O) groups excluding carboxylic acids is 2. The molecule has 0 amide bonds. The zero-order valence-corrected chi connectivity index (χ0v) is 19.0. The minimum Gasteiger partial charge on any atom is -0.458 e. The fourth-order valence-electron chi connectivity index (χ4n) is 7.11. The second-order valence-corrected chi connectivity index (χ2v) is 11.0. The number of hydrogen-bond donors (Lipinski definition) is 4. The highest BCUT2D eigenvalue weighted by Crippen LogP contribution is 2.76. The van der Waals surface area contributed by atoms with Gasteiger partial charge in [0.2, 0.25) is 0 Å². The maximum absolute atomic E-state index is 12.9. The van der Waals surface area contributed by atoms with Gasteiger partial charge in [-0.25, -0.2) is 0 Å². The first-order chi connectivity index (χ1) is 14.3. The quantitative estimate of drug-likeness (QED) is 0.388. The lowest BCUT2D eigenvalue weighted by molar-refractivity contribution is -0.187. The van der Waals surface area contributed by atoms with Crippen molar-refractivity contribution >= 4 is 11.8 Å². The fourth-order valence-corrected chi connectivity index (χ4v) is 7.11. The minimum atomic E-state index is -1.78. The molecule has 4 rings (SSSR count). The molecule has 8 atom stereocenters. The van der Waals surface area contributed by atoms with Crippen molar-refractivity contribution in [1.82, 2.24) is 0 Å². The van der Waals surface area contributed by atoms with Crippen LogP contribution >= 0.6 is 0 Å². The zero-order chi connectivity index (χ0) is 23.1. The van der Waals surface area contributed by atoms with Gasteiger partial charge in [0.25, 0.3) is 0 Å². The summed E-state index contributed by atoms with van der Waals surface area (Å²) in [5, 5.41) is 33.7. The lowest BCUT2D eigenvalue weighted by atomic mass is 9.60. The number of ketones is 1. The van der Waals surface area contributed by atoms with Crippen molar-refractivity contribution < 1.29 is 29.6 Å². The molecule has 2 saturated carbocycles. The lowest BCUT2D eigenvalue weighted by Gasteiger charge is -2.50. The van der Waals surface area contributed by atoms with Crippen LogP contribution in [-0.2, 0) is 14.3 Å². The number of Topliss-reactive ketones (excluding diaryl/α,β-unsaturated/α-hetero) is 1. The molecule has 0 heterocycles. The average molecular weight is 434 g/mol. The predicted molar refractivity (Wildman–Crippen MR) is 114 cm³/mol. The van der Waals surface area contributed by atoms with E-state index in [9.17, 15) is 24.9 Å². The molecule has 2 fully saturated rings. The van der Waals surface area contributed by atoms with Gasteiger partial charge in [0.15, 0.2) is 5.78 Å². The first-order valence-electron chi connectivity index (χ1n) is 11.2. The second kappa shape index (κ2) is 6.73. The maximum Gasteiger partial charge on any atom is 0.307 e. The zero-order valence-electron chi connectivity index (χ0n) is 19.0. The number of esters is 1. The van der Waals surface area contributed by atoms with Crippen LogP contribution in [0.15, 0.2) is 23.3 Å². The highest BCUT2D eigenvalue weighted by molar-refractivity contribution is 6.04. The largest absolute Gasteiger partial charge is 0.458 e. The Hall–Kier alpha value is -1.54. The Bertz CT molecular complexity index is 891. The number of hydrogen-bond acceptors (Lipinski definition) is 7. The van der Waals surface area contributed by atoms with E-state index >= 15 is 0 Å². The molecule has 0 radical (unpaired) electrons. The van der Waals surface area contributed by atoms with E-state index in [0.29, 0.717) is 17.6 Å². The van der Waals surface area contributed by atoms with Gasteiger partial charge < -0.3 is 25.8 Å². The summed E-state index contributed by atoms with van der Waals surface area (Å²) in [6.45, 7) is 9.05. The summed E-state index contributed by atoms with van der Waals surface area (Å²) in [4.78, 5) is 25.5. The van der Waals surface area contributed by atoms with E-state index in [4.69, 9.17) is 10.5 Å². The first kappa shape index (κ1) is 22.6. The van der Waals surface area contributed by atoms with Crippen molar-refractivity contribution in [3.8, 4) is 0 Å². The van der Waals surface area contributed by atoms with Gasteiger partial charge >= 0.3 is 5.97 Å². The number of carbonyl (C=O) groups is 2. The Morgan fingerprint density at radius 1 is 1.32 bits per heavy atom. The van der Waals surface area contributed by atoms with Gasteiger partial charge in [-0.2, -0.15) is 0 Å². The molecule has 0 bridgehead atoms. The third kappa shape index (κ3) is 2.79. The van der Waals surface area contributed by atoms with E-state index in [1.807, 2.05) is 26.8 Å². The number of aliphatic hydroxyl groups excluding tert-OH is 1. The van der Waals surface area contributed by atoms with E-state index in [2.05, 4.69) is 0 Å².